The summed E-state index contributed by atoms with van der Waals surface area (Å²) in [7, 11) is 0. The number of nitrogens with zero attached hydrogens (tertiary/aromatic N) is 2. The first-order valence-electron chi connectivity index (χ1n) is 6.68. The van der Waals surface area contributed by atoms with Gasteiger partial charge in [0.05, 0.1) is 12.1 Å². The predicted molar refractivity (Wildman–Crippen MR) is 71.7 cm³/mol. The Kier molecular flexibility index (Phi) is 4.66. The molecule has 116 valence electrons. The molecule has 0 spiro atoms. The lowest BCUT2D eigenvalue weighted by Gasteiger charge is -2.33. The molecule has 2 heterocycles. The molecule has 0 bridgehead atoms. The van der Waals surface area contributed by atoms with Gasteiger partial charge in [-0.1, -0.05) is 0 Å². The zero-order chi connectivity index (χ0) is 15.5. The Hall–Kier alpha value is -1.83. The van der Waals surface area contributed by atoms with Crippen LogP contribution in [0.3, 0.4) is 0 Å². The molecule has 1 aliphatic rings. The van der Waals surface area contributed by atoms with Gasteiger partial charge in [0, 0.05) is 25.3 Å². The molecule has 21 heavy (non-hydrogen) atoms. The molecule has 1 aromatic heterocycles. The van der Waals surface area contributed by atoms with Gasteiger partial charge in [-0.3, -0.25) is 4.79 Å². The highest BCUT2D eigenvalue weighted by Crippen LogP contribution is 2.29. The molecule has 0 aromatic carbocycles. The molecular weight excluding hydrogens is 285 g/mol. The van der Waals surface area contributed by atoms with E-state index in [2.05, 4.69) is 10.3 Å². The van der Waals surface area contributed by atoms with Crippen molar-refractivity contribution < 1.29 is 18.0 Å². The van der Waals surface area contributed by atoms with E-state index in [1.54, 1.807) is 0 Å². The van der Waals surface area contributed by atoms with E-state index in [1.807, 2.05) is 4.90 Å². The van der Waals surface area contributed by atoms with Crippen molar-refractivity contribution in [2.75, 3.05) is 24.5 Å². The summed E-state index contributed by atoms with van der Waals surface area (Å²) in [6.45, 7) is 1.22. The topological polar surface area (TPSA) is 71.2 Å². The number of hydrogen-bond acceptors (Lipinski definition) is 4. The van der Waals surface area contributed by atoms with Crippen molar-refractivity contribution >= 4 is 11.7 Å². The van der Waals surface area contributed by atoms with E-state index < -0.39 is 11.7 Å². The number of carbonyl (C=O) groups is 1. The number of rotatable bonds is 3. The van der Waals surface area contributed by atoms with E-state index in [-0.39, 0.29) is 18.5 Å². The third kappa shape index (κ3) is 4.07. The number of alkyl halides is 3. The zero-order valence-electron chi connectivity index (χ0n) is 11.4. The molecule has 1 aliphatic heterocycles. The van der Waals surface area contributed by atoms with E-state index in [9.17, 15) is 18.0 Å². The number of nitrogens with one attached hydrogen (secondary N) is 1. The lowest BCUT2D eigenvalue weighted by Crippen LogP contribution is -2.46. The van der Waals surface area contributed by atoms with Crippen LogP contribution in [0, 0.1) is 0 Å². The van der Waals surface area contributed by atoms with Crippen LogP contribution in [0.4, 0.5) is 19.0 Å². The van der Waals surface area contributed by atoms with Gasteiger partial charge in [-0.2, -0.15) is 13.2 Å². The van der Waals surface area contributed by atoms with Crippen LogP contribution in [-0.2, 0) is 11.0 Å². The highest BCUT2D eigenvalue weighted by atomic mass is 19.4. The minimum Gasteiger partial charge on any atom is -0.356 e. The maximum absolute atomic E-state index is 12.5. The van der Waals surface area contributed by atoms with E-state index in [0.717, 1.165) is 12.3 Å². The van der Waals surface area contributed by atoms with E-state index in [1.165, 1.54) is 6.07 Å². The van der Waals surface area contributed by atoms with Crippen LogP contribution in [0.25, 0.3) is 0 Å². The summed E-state index contributed by atoms with van der Waals surface area (Å²) in [5, 5.41) is 2.81. The van der Waals surface area contributed by atoms with Gasteiger partial charge in [0.15, 0.2) is 0 Å². The maximum atomic E-state index is 12.5. The summed E-state index contributed by atoms with van der Waals surface area (Å²) < 4.78 is 37.4. The Morgan fingerprint density at radius 1 is 1.38 bits per heavy atom. The molecule has 1 aromatic rings. The highest BCUT2D eigenvalue weighted by molar-refractivity contribution is 5.78. The van der Waals surface area contributed by atoms with Crippen molar-refractivity contribution in [1.29, 1.82) is 0 Å². The molecule has 5 nitrogen and oxygen atoms in total. The first-order valence-corrected chi connectivity index (χ1v) is 6.68. The second kappa shape index (κ2) is 6.30. The van der Waals surface area contributed by atoms with E-state index in [0.29, 0.717) is 31.7 Å². The number of hydrogen-bond donors (Lipinski definition) is 2. The number of carbonyl (C=O) groups excluding carboxylic acids is 1. The quantitative estimate of drug-likeness (QED) is 0.878. The Bertz CT molecular complexity index is 481. The number of pyridine rings is 1. The van der Waals surface area contributed by atoms with Crippen molar-refractivity contribution in [3.05, 3.63) is 23.9 Å². The third-order valence-electron chi connectivity index (χ3n) is 3.44. The minimum absolute atomic E-state index is 0.0410. The molecule has 1 fully saturated rings. The summed E-state index contributed by atoms with van der Waals surface area (Å²) in [6, 6.07) is 2.47. The Morgan fingerprint density at radius 3 is 2.52 bits per heavy atom. The minimum atomic E-state index is -4.37. The van der Waals surface area contributed by atoms with Gasteiger partial charge < -0.3 is 16.0 Å². The van der Waals surface area contributed by atoms with Gasteiger partial charge in [-0.25, -0.2) is 4.98 Å². The first-order chi connectivity index (χ1) is 9.90. The Morgan fingerprint density at radius 2 is 2.05 bits per heavy atom. The van der Waals surface area contributed by atoms with Crippen LogP contribution in [-0.4, -0.2) is 36.6 Å². The Labute approximate surface area is 120 Å². The van der Waals surface area contributed by atoms with E-state index in [4.69, 9.17) is 5.73 Å². The lowest BCUT2D eigenvalue weighted by atomic mass is 10.0. The molecule has 0 radical (unpaired) electrons. The largest absolute Gasteiger partial charge is 0.417 e. The smallest absolute Gasteiger partial charge is 0.356 e. The summed E-state index contributed by atoms with van der Waals surface area (Å²) >= 11 is 0. The summed E-state index contributed by atoms with van der Waals surface area (Å²) in [4.78, 5) is 17.0. The number of nitrogens with two attached hydrogens (primary N) is 1. The number of anilines is 1. The molecule has 8 heteroatoms. The van der Waals surface area contributed by atoms with Gasteiger partial charge >= 0.3 is 6.18 Å². The van der Waals surface area contributed by atoms with Crippen molar-refractivity contribution in [3.63, 3.8) is 0 Å². The molecule has 0 saturated carbocycles. The number of amides is 1. The lowest BCUT2D eigenvalue weighted by molar-refractivity contribution is -0.137. The molecule has 0 aliphatic carbocycles. The first kappa shape index (κ1) is 15.6. The summed E-state index contributed by atoms with van der Waals surface area (Å²) in [5.41, 5.74) is 4.48. The molecule has 1 saturated heterocycles. The average Bonchev–Trinajstić information content (AvgIpc) is 2.47. The Balaban J connectivity index is 1.92. The van der Waals surface area contributed by atoms with Crippen LogP contribution in [0.1, 0.15) is 18.4 Å². The molecule has 0 atom stereocenters. The fourth-order valence-electron chi connectivity index (χ4n) is 2.28. The van der Waals surface area contributed by atoms with Gasteiger partial charge in [-0.15, -0.1) is 0 Å². The van der Waals surface area contributed by atoms with Crippen molar-refractivity contribution in [1.82, 2.24) is 10.3 Å². The SMILES string of the molecule is NCC(=O)NC1CCN(c2ccc(C(F)(F)F)cn2)CC1. The predicted octanol–water partition coefficient (Wildman–Crippen LogP) is 1.14. The number of aromatic nitrogens is 1. The third-order valence-corrected chi connectivity index (χ3v) is 3.44. The van der Waals surface area contributed by atoms with Crippen LogP contribution in [0.5, 0.6) is 0 Å². The van der Waals surface area contributed by atoms with Gasteiger partial charge in [0.25, 0.3) is 0 Å². The van der Waals surface area contributed by atoms with Gasteiger partial charge in [0.2, 0.25) is 5.91 Å². The number of halogens is 3. The van der Waals surface area contributed by atoms with Crippen LogP contribution < -0.4 is 16.0 Å². The second-order valence-electron chi connectivity index (χ2n) is 4.94. The fourth-order valence-corrected chi connectivity index (χ4v) is 2.28. The summed E-state index contributed by atoms with van der Waals surface area (Å²) in [6.07, 6.45) is -2.09. The molecule has 2 rings (SSSR count). The van der Waals surface area contributed by atoms with Gasteiger partial charge in [-0.05, 0) is 25.0 Å². The average molecular weight is 302 g/mol. The number of piperidine rings is 1. The summed E-state index contributed by atoms with van der Waals surface area (Å²) in [5.74, 6) is 0.327. The van der Waals surface area contributed by atoms with Crippen molar-refractivity contribution in [3.8, 4) is 0 Å². The second-order valence-corrected chi connectivity index (χ2v) is 4.94. The monoisotopic (exact) mass is 302 g/mol. The molecule has 3 N–H and O–H groups in total. The molecule has 0 unspecified atom stereocenters. The standard InChI is InChI=1S/C13H17F3N4O/c14-13(15,16)9-1-2-11(18-8-9)20-5-3-10(4-6-20)19-12(21)7-17/h1-2,8,10H,3-7,17H2,(H,19,21). The van der Waals surface area contributed by atoms with E-state index >= 15 is 0 Å². The highest BCUT2D eigenvalue weighted by Gasteiger charge is 2.31. The fraction of sp³-hybridized carbons (Fsp3) is 0.538. The zero-order valence-corrected chi connectivity index (χ0v) is 11.4. The normalized spacial score (nSPS) is 16.9. The maximum Gasteiger partial charge on any atom is 0.417 e. The molecular formula is C13H17F3N4O. The van der Waals surface area contributed by atoms with Crippen molar-refractivity contribution in [2.45, 2.75) is 25.1 Å². The molecule has 1 amide bonds. The van der Waals surface area contributed by atoms with Crippen LogP contribution >= 0.6 is 0 Å². The van der Waals surface area contributed by atoms with Gasteiger partial charge in [0.1, 0.15) is 5.82 Å². The van der Waals surface area contributed by atoms with Crippen LogP contribution in [0.2, 0.25) is 0 Å². The van der Waals surface area contributed by atoms with Crippen LogP contribution in [0.15, 0.2) is 18.3 Å². The van der Waals surface area contributed by atoms with Crippen molar-refractivity contribution in [2.24, 2.45) is 5.73 Å².